The first-order valence-corrected chi connectivity index (χ1v) is 12.6. The number of ether oxygens (including phenoxy) is 1. The number of hydrogen-bond donors (Lipinski definition) is 4. The number of aromatic hydroxyl groups is 1. The SMILES string of the molecule is CC(C)C[C@H]1NC(=O)[C@@H](Cc2ccc(O)cc2)NC(=O)c2cccc(c2)OCCn2cc(nn2)CNC1=O. The lowest BCUT2D eigenvalue weighted by Crippen LogP contribution is -2.54. The van der Waals surface area contributed by atoms with Gasteiger partial charge >= 0.3 is 0 Å². The number of carbonyl (C=O) groups excluding carboxylic acids is 3. The summed E-state index contributed by atoms with van der Waals surface area (Å²) < 4.78 is 7.40. The van der Waals surface area contributed by atoms with Crippen LogP contribution in [0, 0.1) is 5.92 Å². The second-order valence-corrected chi connectivity index (χ2v) is 9.65. The van der Waals surface area contributed by atoms with Gasteiger partial charge in [0.1, 0.15) is 35.9 Å². The average Bonchev–Trinajstić information content (AvgIpc) is 3.34. The highest BCUT2D eigenvalue weighted by Gasteiger charge is 2.28. The van der Waals surface area contributed by atoms with Crippen LogP contribution in [0.25, 0.3) is 0 Å². The molecule has 0 aliphatic carbocycles. The number of nitrogens with one attached hydrogen (secondary N) is 3. The standard InChI is InChI=1S/C27H32N6O5/c1-17(2)12-23-26(36)28-15-20-16-33(32-31-20)10-11-38-22-5-3-4-19(14-22)25(35)29-24(27(37)30-23)13-18-6-8-21(34)9-7-18/h3-9,14,16-17,23-24,34H,10-13,15H2,1-2H3,(H,28,36)(H,29,35)(H,30,37)/t23-,24-/m1/s1. The minimum absolute atomic E-state index is 0.0949. The van der Waals surface area contributed by atoms with Crippen LogP contribution in [0.4, 0.5) is 0 Å². The summed E-state index contributed by atoms with van der Waals surface area (Å²) in [5, 5.41) is 26.3. The third-order valence-corrected chi connectivity index (χ3v) is 6.05. The summed E-state index contributed by atoms with van der Waals surface area (Å²) in [5.41, 5.74) is 1.63. The molecule has 0 radical (unpaired) electrons. The molecule has 38 heavy (non-hydrogen) atoms. The molecule has 0 fully saturated rings. The number of benzene rings is 2. The number of rotatable bonds is 4. The van der Waals surface area contributed by atoms with E-state index in [9.17, 15) is 19.5 Å². The van der Waals surface area contributed by atoms with E-state index >= 15 is 0 Å². The molecule has 2 aromatic carbocycles. The summed E-state index contributed by atoms with van der Waals surface area (Å²) in [4.78, 5) is 39.7. The van der Waals surface area contributed by atoms with Gasteiger partial charge in [-0.3, -0.25) is 14.4 Å². The van der Waals surface area contributed by atoms with Crippen molar-refractivity contribution in [3.63, 3.8) is 0 Å². The highest BCUT2D eigenvalue weighted by Crippen LogP contribution is 2.16. The largest absolute Gasteiger partial charge is 0.508 e. The van der Waals surface area contributed by atoms with Crippen LogP contribution in [0.3, 0.4) is 0 Å². The first kappa shape index (κ1) is 26.6. The second-order valence-electron chi connectivity index (χ2n) is 9.65. The number of phenolic OH excluding ortho intramolecular Hbond substituents is 1. The summed E-state index contributed by atoms with van der Waals surface area (Å²) in [7, 11) is 0. The van der Waals surface area contributed by atoms with E-state index in [2.05, 4.69) is 26.3 Å². The van der Waals surface area contributed by atoms with Gasteiger partial charge in [0.05, 0.1) is 19.3 Å². The fourth-order valence-corrected chi connectivity index (χ4v) is 4.11. The molecule has 0 saturated carbocycles. The number of hydrogen-bond acceptors (Lipinski definition) is 7. The fourth-order valence-electron chi connectivity index (χ4n) is 4.11. The van der Waals surface area contributed by atoms with Gasteiger partial charge in [0.2, 0.25) is 11.8 Å². The van der Waals surface area contributed by atoms with Crippen molar-refractivity contribution in [1.29, 1.82) is 0 Å². The van der Waals surface area contributed by atoms with E-state index in [4.69, 9.17) is 4.74 Å². The molecule has 0 saturated heterocycles. The molecule has 0 spiro atoms. The van der Waals surface area contributed by atoms with Crippen LogP contribution >= 0.6 is 0 Å². The normalized spacial score (nSPS) is 19.0. The number of amides is 3. The molecule has 11 nitrogen and oxygen atoms in total. The number of aromatic nitrogens is 3. The minimum atomic E-state index is -0.974. The predicted octanol–water partition coefficient (Wildman–Crippen LogP) is 1.56. The summed E-state index contributed by atoms with van der Waals surface area (Å²) in [6.07, 6.45) is 2.29. The smallest absolute Gasteiger partial charge is 0.252 e. The number of nitrogens with zero attached hydrogens (tertiary/aromatic N) is 3. The van der Waals surface area contributed by atoms with Crippen LogP contribution in [0.2, 0.25) is 0 Å². The van der Waals surface area contributed by atoms with Crippen LogP contribution in [-0.2, 0) is 29.1 Å². The zero-order valence-electron chi connectivity index (χ0n) is 21.4. The summed E-state index contributed by atoms with van der Waals surface area (Å²) in [5.74, 6) is -0.584. The Kier molecular flexibility index (Phi) is 8.57. The Balaban J connectivity index is 1.63. The van der Waals surface area contributed by atoms with Gasteiger partial charge < -0.3 is 25.8 Å². The van der Waals surface area contributed by atoms with E-state index in [1.165, 1.54) is 12.1 Å². The van der Waals surface area contributed by atoms with Crippen LogP contribution in [-0.4, -0.2) is 56.5 Å². The Morgan fingerprint density at radius 1 is 1.05 bits per heavy atom. The van der Waals surface area contributed by atoms with Crippen LogP contribution in [0.15, 0.2) is 54.7 Å². The molecule has 2 heterocycles. The van der Waals surface area contributed by atoms with Gasteiger partial charge in [-0.2, -0.15) is 0 Å². The molecule has 11 heteroatoms. The topological polar surface area (TPSA) is 147 Å². The third kappa shape index (κ3) is 7.31. The Morgan fingerprint density at radius 3 is 2.61 bits per heavy atom. The first-order chi connectivity index (χ1) is 18.3. The van der Waals surface area contributed by atoms with Crippen molar-refractivity contribution >= 4 is 17.7 Å². The Hall–Kier alpha value is -4.41. The number of phenols is 1. The monoisotopic (exact) mass is 520 g/mol. The van der Waals surface area contributed by atoms with Crippen molar-refractivity contribution in [1.82, 2.24) is 30.9 Å². The summed E-state index contributed by atoms with van der Waals surface area (Å²) >= 11 is 0. The van der Waals surface area contributed by atoms with Gasteiger partial charge in [-0.25, -0.2) is 4.68 Å². The molecule has 4 N–H and O–H groups in total. The van der Waals surface area contributed by atoms with Crippen molar-refractivity contribution in [2.24, 2.45) is 5.92 Å². The molecule has 200 valence electrons. The van der Waals surface area contributed by atoms with Crippen LogP contribution < -0.4 is 20.7 Å². The maximum atomic E-state index is 13.5. The Bertz CT molecular complexity index is 1270. The maximum Gasteiger partial charge on any atom is 0.252 e. The lowest BCUT2D eigenvalue weighted by molar-refractivity contribution is -0.130. The molecule has 1 aliphatic heterocycles. The molecule has 1 aromatic heterocycles. The van der Waals surface area contributed by atoms with E-state index in [0.29, 0.717) is 36.6 Å². The molecule has 4 rings (SSSR count). The van der Waals surface area contributed by atoms with Crippen LogP contribution in [0.5, 0.6) is 11.5 Å². The number of carbonyl (C=O) groups is 3. The Morgan fingerprint density at radius 2 is 1.84 bits per heavy atom. The minimum Gasteiger partial charge on any atom is -0.508 e. The zero-order valence-corrected chi connectivity index (χ0v) is 21.4. The molecule has 3 amide bonds. The lowest BCUT2D eigenvalue weighted by atomic mass is 10.0. The van der Waals surface area contributed by atoms with Gasteiger partial charge in [0, 0.05) is 12.0 Å². The average molecular weight is 521 g/mol. The highest BCUT2D eigenvalue weighted by molar-refractivity contribution is 5.98. The Labute approximate surface area is 220 Å². The molecular formula is C27H32N6O5. The lowest BCUT2D eigenvalue weighted by Gasteiger charge is -2.24. The fraction of sp³-hybridized carbons (Fsp3) is 0.370. The van der Waals surface area contributed by atoms with Gasteiger partial charge in [0.15, 0.2) is 0 Å². The summed E-state index contributed by atoms with van der Waals surface area (Å²) in [6.45, 7) is 4.79. The van der Waals surface area contributed by atoms with Crippen LogP contribution in [0.1, 0.15) is 41.9 Å². The van der Waals surface area contributed by atoms with E-state index < -0.39 is 23.9 Å². The molecular weight excluding hydrogens is 488 g/mol. The summed E-state index contributed by atoms with van der Waals surface area (Å²) in [6, 6.07) is 11.3. The van der Waals surface area contributed by atoms with E-state index in [1.807, 2.05) is 13.8 Å². The van der Waals surface area contributed by atoms with Gasteiger partial charge in [-0.1, -0.05) is 37.3 Å². The van der Waals surface area contributed by atoms with Crippen molar-refractivity contribution < 1.29 is 24.2 Å². The van der Waals surface area contributed by atoms with Crippen molar-refractivity contribution in [3.8, 4) is 11.5 Å². The second kappa shape index (κ2) is 12.2. The first-order valence-electron chi connectivity index (χ1n) is 12.6. The quantitative estimate of drug-likeness (QED) is 0.408. The number of fused-ring (bicyclic) bond motifs is 4. The van der Waals surface area contributed by atoms with E-state index in [1.54, 1.807) is 47.3 Å². The third-order valence-electron chi connectivity index (χ3n) is 6.05. The maximum absolute atomic E-state index is 13.5. The predicted molar refractivity (Wildman–Crippen MR) is 138 cm³/mol. The van der Waals surface area contributed by atoms with Gasteiger partial charge in [-0.05, 0) is 48.2 Å². The van der Waals surface area contributed by atoms with Gasteiger partial charge in [-0.15, -0.1) is 5.10 Å². The molecule has 2 atom stereocenters. The molecule has 4 bridgehead atoms. The molecule has 3 aromatic rings. The zero-order chi connectivity index (χ0) is 27.1. The molecule has 1 aliphatic rings. The van der Waals surface area contributed by atoms with Crippen molar-refractivity contribution in [2.45, 2.75) is 51.9 Å². The van der Waals surface area contributed by atoms with E-state index in [0.717, 1.165) is 5.56 Å². The highest BCUT2D eigenvalue weighted by atomic mass is 16.5. The van der Waals surface area contributed by atoms with Gasteiger partial charge in [0.25, 0.3) is 5.91 Å². The van der Waals surface area contributed by atoms with Crippen molar-refractivity contribution in [3.05, 3.63) is 71.5 Å². The van der Waals surface area contributed by atoms with Crippen molar-refractivity contribution in [2.75, 3.05) is 6.61 Å². The van der Waals surface area contributed by atoms with E-state index in [-0.39, 0.29) is 30.5 Å². The molecule has 0 unspecified atom stereocenters.